The number of rotatable bonds is 1. The highest BCUT2D eigenvalue weighted by Crippen LogP contribution is 2.66. The number of fused-ring (bicyclic) bond motifs is 2. The Balaban J connectivity index is 2.44. The monoisotopic (exact) mass is 194 g/mol. The van der Waals surface area contributed by atoms with Crippen molar-refractivity contribution >= 4 is 5.97 Å². The summed E-state index contributed by atoms with van der Waals surface area (Å²) >= 11 is 0. The Hall–Kier alpha value is -0.790. The van der Waals surface area contributed by atoms with Gasteiger partial charge in [-0.1, -0.05) is 26.0 Å². The summed E-state index contributed by atoms with van der Waals surface area (Å²) in [6.07, 6.45) is 3.03. The van der Waals surface area contributed by atoms with Gasteiger partial charge in [-0.2, -0.15) is 0 Å². The molecule has 2 unspecified atom stereocenters. The fourth-order valence-electron chi connectivity index (χ4n) is 3.36. The van der Waals surface area contributed by atoms with Gasteiger partial charge in [-0.25, -0.2) is 0 Å². The van der Waals surface area contributed by atoms with Crippen LogP contribution in [0, 0.1) is 16.7 Å². The van der Waals surface area contributed by atoms with Crippen LogP contribution in [0.2, 0.25) is 0 Å². The molecule has 2 aliphatic rings. The smallest absolute Gasteiger partial charge is 0.312 e. The van der Waals surface area contributed by atoms with Gasteiger partial charge in [0.1, 0.15) is 0 Å². The van der Waals surface area contributed by atoms with E-state index in [1.54, 1.807) is 0 Å². The van der Waals surface area contributed by atoms with Crippen LogP contribution < -0.4 is 0 Å². The van der Waals surface area contributed by atoms with E-state index in [-0.39, 0.29) is 16.8 Å². The van der Waals surface area contributed by atoms with Gasteiger partial charge in [0.15, 0.2) is 0 Å². The molecule has 78 valence electrons. The molecule has 2 nitrogen and oxygen atoms in total. The van der Waals surface area contributed by atoms with E-state index in [1.165, 1.54) is 12.7 Å². The Bertz CT molecular complexity index is 303. The van der Waals surface area contributed by atoms with E-state index in [0.29, 0.717) is 5.92 Å². The molecule has 0 spiro atoms. The molecule has 0 amide bonds. The predicted molar refractivity (Wildman–Crippen MR) is 54.7 cm³/mol. The van der Waals surface area contributed by atoms with Gasteiger partial charge in [0, 0.05) is 5.41 Å². The number of carbonyl (C=O) groups excluding carboxylic acids is 1. The molecule has 2 rings (SSSR count). The summed E-state index contributed by atoms with van der Waals surface area (Å²) in [4.78, 5) is 11.9. The zero-order chi connectivity index (χ0) is 10.6. The average Bonchev–Trinajstić information content (AvgIpc) is 2.66. The molecular formula is C12H18O2. The van der Waals surface area contributed by atoms with Crippen LogP contribution in [0.15, 0.2) is 12.2 Å². The van der Waals surface area contributed by atoms with Crippen molar-refractivity contribution in [3.63, 3.8) is 0 Å². The number of hydrogen-bond donors (Lipinski definition) is 0. The van der Waals surface area contributed by atoms with E-state index in [1.807, 2.05) is 0 Å². The first-order valence-corrected chi connectivity index (χ1v) is 5.23. The maximum atomic E-state index is 11.9. The van der Waals surface area contributed by atoms with Crippen molar-refractivity contribution in [3.8, 4) is 0 Å². The number of esters is 1. The lowest BCUT2D eigenvalue weighted by atomic mass is 9.63. The summed E-state index contributed by atoms with van der Waals surface area (Å²) in [5, 5.41) is 0. The van der Waals surface area contributed by atoms with Crippen LogP contribution in [0.4, 0.5) is 0 Å². The standard InChI is InChI=1S/C12H18O2/c1-8-9-5-6-12(7-9,10(13)14-4)11(8,2)3/h9H,1,5-7H2,2-4H3. The molecule has 14 heavy (non-hydrogen) atoms. The first kappa shape index (κ1) is 9.75. The molecule has 0 saturated heterocycles. The summed E-state index contributed by atoms with van der Waals surface area (Å²) in [5.41, 5.74) is 0.890. The van der Waals surface area contributed by atoms with Crippen LogP contribution >= 0.6 is 0 Å². The average molecular weight is 194 g/mol. The lowest BCUT2D eigenvalue weighted by Gasteiger charge is -2.40. The van der Waals surface area contributed by atoms with E-state index in [4.69, 9.17) is 4.74 Å². The molecule has 2 heteroatoms. The van der Waals surface area contributed by atoms with E-state index in [9.17, 15) is 4.79 Å². The van der Waals surface area contributed by atoms with E-state index in [0.717, 1.165) is 19.3 Å². The predicted octanol–water partition coefficient (Wildman–Crippen LogP) is 2.54. The molecule has 2 saturated carbocycles. The van der Waals surface area contributed by atoms with Gasteiger partial charge in [-0.05, 0) is 25.2 Å². The molecule has 2 fully saturated rings. The molecule has 2 aliphatic carbocycles. The highest BCUT2D eigenvalue weighted by molar-refractivity contribution is 5.80. The second-order valence-electron chi connectivity index (χ2n) is 5.16. The summed E-state index contributed by atoms with van der Waals surface area (Å²) in [7, 11) is 1.49. The number of ether oxygens (including phenoxy) is 1. The van der Waals surface area contributed by atoms with Crippen molar-refractivity contribution in [3.05, 3.63) is 12.2 Å². The Kier molecular flexibility index (Phi) is 1.82. The fourth-order valence-corrected chi connectivity index (χ4v) is 3.36. The molecule has 0 aliphatic heterocycles. The molecular weight excluding hydrogens is 176 g/mol. The van der Waals surface area contributed by atoms with Crippen LogP contribution in [-0.2, 0) is 9.53 Å². The first-order valence-electron chi connectivity index (χ1n) is 5.23. The van der Waals surface area contributed by atoms with Gasteiger partial charge in [0.2, 0.25) is 0 Å². The molecule has 2 bridgehead atoms. The van der Waals surface area contributed by atoms with Crippen molar-refractivity contribution in [1.82, 2.24) is 0 Å². The second-order valence-corrected chi connectivity index (χ2v) is 5.16. The minimum Gasteiger partial charge on any atom is -0.469 e. The van der Waals surface area contributed by atoms with Gasteiger partial charge in [0.25, 0.3) is 0 Å². The molecule has 0 aromatic rings. The van der Waals surface area contributed by atoms with Gasteiger partial charge in [-0.3, -0.25) is 4.79 Å². The third-order valence-electron chi connectivity index (χ3n) is 4.58. The van der Waals surface area contributed by atoms with Gasteiger partial charge in [0.05, 0.1) is 12.5 Å². The number of methoxy groups -OCH3 is 1. The third-order valence-corrected chi connectivity index (χ3v) is 4.58. The molecule has 0 aromatic heterocycles. The zero-order valence-electron chi connectivity index (χ0n) is 9.22. The Morgan fingerprint density at radius 2 is 2.21 bits per heavy atom. The van der Waals surface area contributed by atoms with Crippen LogP contribution in [0.1, 0.15) is 33.1 Å². The van der Waals surface area contributed by atoms with Crippen molar-refractivity contribution in [2.45, 2.75) is 33.1 Å². The lowest BCUT2D eigenvalue weighted by Crippen LogP contribution is -2.41. The third kappa shape index (κ3) is 0.844. The largest absolute Gasteiger partial charge is 0.469 e. The Labute approximate surface area is 85.3 Å². The van der Waals surface area contributed by atoms with E-state index < -0.39 is 0 Å². The lowest BCUT2D eigenvalue weighted by molar-refractivity contribution is -0.157. The minimum absolute atomic E-state index is 0.0383. The minimum atomic E-state index is -0.274. The molecule has 0 heterocycles. The molecule has 0 radical (unpaired) electrons. The van der Waals surface area contributed by atoms with Crippen LogP contribution in [-0.4, -0.2) is 13.1 Å². The SMILES string of the molecule is C=C1C2CCC(C(=O)OC)(C2)C1(C)C. The maximum Gasteiger partial charge on any atom is 0.312 e. The topological polar surface area (TPSA) is 26.3 Å². The number of carbonyl (C=O) groups is 1. The highest BCUT2D eigenvalue weighted by atomic mass is 16.5. The van der Waals surface area contributed by atoms with Crippen molar-refractivity contribution in [2.24, 2.45) is 16.7 Å². The second kappa shape index (κ2) is 2.62. The zero-order valence-corrected chi connectivity index (χ0v) is 9.22. The van der Waals surface area contributed by atoms with Crippen molar-refractivity contribution in [1.29, 1.82) is 0 Å². The van der Waals surface area contributed by atoms with E-state index >= 15 is 0 Å². The maximum absolute atomic E-state index is 11.9. The van der Waals surface area contributed by atoms with Crippen LogP contribution in [0.5, 0.6) is 0 Å². The highest BCUT2D eigenvalue weighted by Gasteiger charge is 2.63. The molecule has 2 atom stereocenters. The molecule has 0 aromatic carbocycles. The normalized spacial score (nSPS) is 38.8. The fraction of sp³-hybridized carbons (Fsp3) is 0.750. The number of hydrogen-bond acceptors (Lipinski definition) is 2. The van der Waals surface area contributed by atoms with Crippen molar-refractivity contribution < 1.29 is 9.53 Å². The number of allylic oxidation sites excluding steroid dienone is 1. The van der Waals surface area contributed by atoms with Crippen molar-refractivity contribution in [2.75, 3.05) is 7.11 Å². The van der Waals surface area contributed by atoms with Gasteiger partial charge < -0.3 is 4.74 Å². The molecule has 0 N–H and O–H groups in total. The van der Waals surface area contributed by atoms with Crippen LogP contribution in [0.3, 0.4) is 0 Å². The van der Waals surface area contributed by atoms with Gasteiger partial charge >= 0.3 is 5.97 Å². The summed E-state index contributed by atoms with van der Waals surface area (Å²) in [5.74, 6) is 0.507. The summed E-state index contributed by atoms with van der Waals surface area (Å²) < 4.78 is 4.96. The first-order chi connectivity index (χ1) is 6.45. The van der Waals surface area contributed by atoms with Crippen LogP contribution in [0.25, 0.3) is 0 Å². The van der Waals surface area contributed by atoms with Gasteiger partial charge in [-0.15, -0.1) is 0 Å². The quantitative estimate of drug-likeness (QED) is 0.473. The Morgan fingerprint density at radius 1 is 1.57 bits per heavy atom. The summed E-state index contributed by atoms with van der Waals surface area (Å²) in [6, 6.07) is 0. The Morgan fingerprint density at radius 3 is 2.64 bits per heavy atom. The summed E-state index contributed by atoms with van der Waals surface area (Å²) in [6.45, 7) is 8.40. The van der Waals surface area contributed by atoms with E-state index in [2.05, 4.69) is 20.4 Å².